The molecule has 74 valence electrons. The Morgan fingerprint density at radius 3 is 3.14 bits per heavy atom. The van der Waals surface area contributed by atoms with Crippen LogP contribution in [0.5, 0.6) is 0 Å². The van der Waals surface area contributed by atoms with Crippen LogP contribution in [-0.4, -0.2) is 21.1 Å². The van der Waals surface area contributed by atoms with Gasteiger partial charge in [-0.1, -0.05) is 6.58 Å². The lowest BCUT2D eigenvalue weighted by atomic mass is 10.4. The third-order valence-corrected chi connectivity index (χ3v) is 2.11. The average molecular weight is 192 g/mol. The van der Waals surface area contributed by atoms with E-state index in [1.807, 2.05) is 0 Å². The van der Waals surface area contributed by atoms with E-state index in [1.165, 1.54) is 18.9 Å². The molecule has 0 aliphatic heterocycles. The zero-order valence-electron chi connectivity index (χ0n) is 7.79. The molecular weight excluding hydrogens is 180 g/mol. The second kappa shape index (κ2) is 3.61. The number of rotatable bonds is 4. The van der Waals surface area contributed by atoms with Crippen molar-refractivity contribution < 1.29 is 4.79 Å². The molecule has 14 heavy (non-hydrogen) atoms. The number of hydrogen-bond donors (Lipinski definition) is 2. The minimum atomic E-state index is -0.200. The van der Waals surface area contributed by atoms with Crippen LogP contribution in [0.4, 0.5) is 0 Å². The molecule has 1 aromatic rings. The summed E-state index contributed by atoms with van der Waals surface area (Å²) in [6.07, 6.45) is 3.59. The molecule has 1 aromatic heterocycles. The summed E-state index contributed by atoms with van der Waals surface area (Å²) in [6, 6.07) is 0. The first-order chi connectivity index (χ1) is 6.79. The minimum absolute atomic E-state index is 0.200. The van der Waals surface area contributed by atoms with Crippen molar-refractivity contribution >= 4 is 5.91 Å². The maximum atomic E-state index is 10.8. The van der Waals surface area contributed by atoms with E-state index < -0.39 is 0 Å². The van der Waals surface area contributed by atoms with Gasteiger partial charge in [0.15, 0.2) is 5.82 Å². The Morgan fingerprint density at radius 2 is 2.50 bits per heavy atom. The predicted molar refractivity (Wildman–Crippen MR) is 50.4 cm³/mol. The molecule has 1 aliphatic carbocycles. The molecule has 5 heteroatoms. The quantitative estimate of drug-likeness (QED) is 0.682. The molecule has 0 bridgehead atoms. The molecule has 2 N–H and O–H groups in total. The molecule has 1 fully saturated rings. The Kier molecular flexibility index (Phi) is 2.30. The van der Waals surface area contributed by atoms with Crippen molar-refractivity contribution in [3.05, 3.63) is 24.3 Å². The normalized spacial score (nSPS) is 15.1. The van der Waals surface area contributed by atoms with Gasteiger partial charge in [-0.15, -0.1) is 0 Å². The highest BCUT2D eigenvalue weighted by atomic mass is 16.1. The number of carbonyl (C=O) groups excluding carboxylic acids is 1. The van der Waals surface area contributed by atoms with E-state index in [9.17, 15) is 4.79 Å². The van der Waals surface area contributed by atoms with Crippen molar-refractivity contribution in [1.29, 1.82) is 0 Å². The van der Waals surface area contributed by atoms with Gasteiger partial charge in [-0.05, 0) is 18.9 Å². The van der Waals surface area contributed by atoms with E-state index in [2.05, 4.69) is 27.1 Å². The second-order valence-electron chi connectivity index (χ2n) is 3.34. The fraction of sp³-hybridized carbons (Fsp3) is 0.444. The topological polar surface area (TPSA) is 70.7 Å². The van der Waals surface area contributed by atoms with Gasteiger partial charge in [0.05, 0.1) is 6.54 Å². The Balaban J connectivity index is 1.89. The number of aromatic nitrogens is 3. The van der Waals surface area contributed by atoms with Crippen LogP contribution in [0.25, 0.3) is 0 Å². The van der Waals surface area contributed by atoms with Gasteiger partial charge in [0.2, 0.25) is 5.91 Å². The van der Waals surface area contributed by atoms with Crippen molar-refractivity contribution in [3.8, 4) is 0 Å². The molecule has 0 spiro atoms. The maximum Gasteiger partial charge on any atom is 0.243 e. The van der Waals surface area contributed by atoms with Crippen LogP contribution in [0.15, 0.2) is 12.7 Å². The smallest absolute Gasteiger partial charge is 0.243 e. The molecule has 0 unspecified atom stereocenters. The van der Waals surface area contributed by atoms with Crippen LogP contribution >= 0.6 is 0 Å². The van der Waals surface area contributed by atoms with Gasteiger partial charge in [0.1, 0.15) is 5.82 Å². The Hall–Kier alpha value is -1.65. The monoisotopic (exact) mass is 192 g/mol. The van der Waals surface area contributed by atoms with Gasteiger partial charge >= 0.3 is 0 Å². The average Bonchev–Trinajstić information content (AvgIpc) is 2.95. The molecule has 0 atom stereocenters. The first-order valence-corrected chi connectivity index (χ1v) is 4.61. The van der Waals surface area contributed by atoms with Crippen LogP contribution in [0, 0.1) is 0 Å². The van der Waals surface area contributed by atoms with E-state index >= 15 is 0 Å². The molecule has 5 nitrogen and oxygen atoms in total. The molecule has 0 saturated heterocycles. The van der Waals surface area contributed by atoms with Gasteiger partial charge < -0.3 is 5.32 Å². The highest BCUT2D eigenvalue weighted by Crippen LogP contribution is 2.37. The van der Waals surface area contributed by atoms with Crippen LogP contribution in [-0.2, 0) is 11.3 Å². The molecule has 2 rings (SSSR count). The van der Waals surface area contributed by atoms with Crippen LogP contribution in [0.1, 0.15) is 30.4 Å². The Bertz CT molecular complexity index is 353. The van der Waals surface area contributed by atoms with E-state index in [0.717, 1.165) is 5.82 Å². The molecule has 0 radical (unpaired) electrons. The van der Waals surface area contributed by atoms with Crippen LogP contribution < -0.4 is 5.32 Å². The van der Waals surface area contributed by atoms with Crippen molar-refractivity contribution in [2.75, 3.05) is 0 Å². The second-order valence-corrected chi connectivity index (χ2v) is 3.34. The SMILES string of the molecule is C=CC(=O)NCc1nc(C2CC2)n[nH]1. The Labute approximate surface area is 81.6 Å². The zero-order chi connectivity index (χ0) is 9.97. The molecule has 1 amide bonds. The largest absolute Gasteiger partial charge is 0.345 e. The van der Waals surface area contributed by atoms with Crippen molar-refractivity contribution in [2.45, 2.75) is 25.3 Å². The zero-order valence-corrected chi connectivity index (χ0v) is 7.79. The number of nitrogens with zero attached hydrogens (tertiary/aromatic N) is 2. The minimum Gasteiger partial charge on any atom is -0.345 e. The van der Waals surface area contributed by atoms with Crippen molar-refractivity contribution in [1.82, 2.24) is 20.5 Å². The van der Waals surface area contributed by atoms with Gasteiger partial charge in [-0.2, -0.15) is 5.10 Å². The van der Waals surface area contributed by atoms with Crippen molar-refractivity contribution in [3.63, 3.8) is 0 Å². The first kappa shape index (κ1) is 8.93. The third kappa shape index (κ3) is 1.99. The van der Waals surface area contributed by atoms with E-state index in [4.69, 9.17) is 0 Å². The third-order valence-electron chi connectivity index (χ3n) is 2.11. The van der Waals surface area contributed by atoms with Gasteiger partial charge in [0, 0.05) is 5.92 Å². The summed E-state index contributed by atoms with van der Waals surface area (Å²) < 4.78 is 0. The van der Waals surface area contributed by atoms with Gasteiger partial charge in [-0.25, -0.2) is 4.98 Å². The summed E-state index contributed by atoms with van der Waals surface area (Å²) in [7, 11) is 0. The lowest BCUT2D eigenvalue weighted by Gasteiger charge is -1.96. The molecular formula is C9H12N4O. The lowest BCUT2D eigenvalue weighted by molar-refractivity contribution is -0.116. The number of aromatic amines is 1. The highest BCUT2D eigenvalue weighted by molar-refractivity contribution is 5.86. The number of carbonyl (C=O) groups is 1. The lowest BCUT2D eigenvalue weighted by Crippen LogP contribution is -2.20. The number of amides is 1. The van der Waals surface area contributed by atoms with E-state index in [0.29, 0.717) is 18.3 Å². The molecule has 0 aromatic carbocycles. The van der Waals surface area contributed by atoms with Gasteiger partial charge in [-0.3, -0.25) is 9.89 Å². The fourth-order valence-corrected chi connectivity index (χ4v) is 1.16. The van der Waals surface area contributed by atoms with E-state index in [-0.39, 0.29) is 5.91 Å². The summed E-state index contributed by atoms with van der Waals surface area (Å²) in [6.45, 7) is 3.74. The molecule has 1 aliphatic rings. The maximum absolute atomic E-state index is 10.8. The number of hydrogen-bond acceptors (Lipinski definition) is 3. The standard InChI is InChI=1S/C9H12N4O/c1-2-8(14)10-5-7-11-9(13-12-7)6-3-4-6/h2,6H,1,3-5H2,(H,10,14)(H,11,12,13). The summed E-state index contributed by atoms with van der Waals surface area (Å²) in [4.78, 5) is 15.1. The first-order valence-electron chi connectivity index (χ1n) is 4.61. The summed E-state index contributed by atoms with van der Waals surface area (Å²) in [5.41, 5.74) is 0. The van der Waals surface area contributed by atoms with Crippen LogP contribution in [0.2, 0.25) is 0 Å². The predicted octanol–water partition coefficient (Wildman–Crippen LogP) is 0.484. The summed E-state index contributed by atoms with van der Waals surface area (Å²) in [5, 5.41) is 9.50. The number of nitrogens with one attached hydrogen (secondary N) is 2. The summed E-state index contributed by atoms with van der Waals surface area (Å²) >= 11 is 0. The Morgan fingerprint density at radius 1 is 1.71 bits per heavy atom. The molecule has 1 heterocycles. The van der Waals surface area contributed by atoms with Gasteiger partial charge in [0.25, 0.3) is 0 Å². The number of H-pyrrole nitrogens is 1. The van der Waals surface area contributed by atoms with E-state index in [1.54, 1.807) is 0 Å². The summed E-state index contributed by atoms with van der Waals surface area (Å²) in [5.74, 6) is 1.90. The van der Waals surface area contributed by atoms with Crippen molar-refractivity contribution in [2.24, 2.45) is 0 Å². The fourth-order valence-electron chi connectivity index (χ4n) is 1.16. The molecule has 1 saturated carbocycles. The van der Waals surface area contributed by atoms with Crippen LogP contribution in [0.3, 0.4) is 0 Å². The highest BCUT2D eigenvalue weighted by Gasteiger charge is 2.27.